The Hall–Kier alpha value is -3.94. The first-order chi connectivity index (χ1) is 14.9. The van der Waals surface area contributed by atoms with Gasteiger partial charge in [0.25, 0.3) is 11.5 Å². The second kappa shape index (κ2) is 8.43. The van der Waals surface area contributed by atoms with E-state index in [1.54, 1.807) is 6.20 Å². The number of nitrogens with one attached hydrogen (secondary N) is 1. The average Bonchev–Trinajstić information content (AvgIpc) is 2.76. The summed E-state index contributed by atoms with van der Waals surface area (Å²) in [4.78, 5) is 33.5. The Balaban J connectivity index is 1.51. The largest absolute Gasteiger partial charge is 0.348 e. The highest BCUT2D eigenvalue weighted by Crippen LogP contribution is 2.17. The molecule has 0 atom stereocenters. The van der Waals surface area contributed by atoms with Gasteiger partial charge in [-0.25, -0.2) is 13.8 Å². The molecular weight excluding hydrogens is 402 g/mol. The normalized spacial score (nSPS) is 10.9. The molecule has 0 aliphatic rings. The summed E-state index contributed by atoms with van der Waals surface area (Å²) in [7, 11) is 0. The van der Waals surface area contributed by atoms with Crippen molar-refractivity contribution in [2.75, 3.05) is 0 Å². The third-order valence-electron chi connectivity index (χ3n) is 4.96. The van der Waals surface area contributed by atoms with E-state index in [1.165, 1.54) is 23.2 Å². The van der Waals surface area contributed by atoms with Gasteiger partial charge in [0.2, 0.25) is 0 Å². The molecule has 0 aliphatic heterocycles. The highest BCUT2D eigenvalue weighted by molar-refractivity contribution is 5.93. The van der Waals surface area contributed by atoms with Gasteiger partial charge in [-0.3, -0.25) is 19.1 Å². The number of fused-ring (bicyclic) bond motifs is 1. The molecule has 6 nitrogen and oxygen atoms in total. The van der Waals surface area contributed by atoms with Crippen LogP contribution < -0.4 is 10.9 Å². The van der Waals surface area contributed by atoms with Crippen molar-refractivity contribution < 1.29 is 13.6 Å². The summed E-state index contributed by atoms with van der Waals surface area (Å²) in [6.45, 7) is 2.17. The molecule has 0 saturated carbocycles. The van der Waals surface area contributed by atoms with Crippen molar-refractivity contribution >= 4 is 16.8 Å². The Bertz CT molecular complexity index is 1350. The lowest BCUT2D eigenvalue weighted by Crippen LogP contribution is -2.33. The predicted octanol–water partition coefficient (Wildman–Crippen LogP) is 3.36. The van der Waals surface area contributed by atoms with E-state index in [1.807, 2.05) is 31.2 Å². The van der Waals surface area contributed by atoms with Crippen LogP contribution in [0.25, 0.3) is 10.9 Å². The van der Waals surface area contributed by atoms with Crippen LogP contribution in [-0.4, -0.2) is 20.4 Å². The number of carbonyl (C=O) groups excluding carboxylic acids is 1. The Morgan fingerprint density at radius 2 is 1.87 bits per heavy atom. The van der Waals surface area contributed by atoms with Crippen LogP contribution in [0.1, 0.15) is 27.0 Å². The molecule has 2 aromatic heterocycles. The minimum Gasteiger partial charge on any atom is -0.348 e. The molecule has 156 valence electrons. The van der Waals surface area contributed by atoms with Gasteiger partial charge in [0.1, 0.15) is 5.56 Å². The Labute approximate surface area is 176 Å². The number of nitrogens with zero attached hydrogens (tertiary/aromatic N) is 3. The molecule has 0 spiro atoms. The van der Waals surface area contributed by atoms with Crippen molar-refractivity contribution in [3.05, 3.63) is 105 Å². The summed E-state index contributed by atoms with van der Waals surface area (Å²) in [5.41, 5.74) is 2.47. The van der Waals surface area contributed by atoms with Gasteiger partial charge in [0.05, 0.1) is 18.4 Å². The zero-order valence-electron chi connectivity index (χ0n) is 16.6. The molecule has 0 bridgehead atoms. The van der Waals surface area contributed by atoms with Gasteiger partial charge in [0.15, 0.2) is 11.6 Å². The predicted molar refractivity (Wildman–Crippen MR) is 112 cm³/mol. The van der Waals surface area contributed by atoms with Crippen molar-refractivity contribution in [1.29, 1.82) is 0 Å². The molecule has 2 aromatic carbocycles. The summed E-state index contributed by atoms with van der Waals surface area (Å²) < 4.78 is 27.7. The molecule has 4 rings (SSSR count). The van der Waals surface area contributed by atoms with Crippen molar-refractivity contribution in [2.24, 2.45) is 0 Å². The fraction of sp³-hybridized carbons (Fsp3) is 0.130. The lowest BCUT2D eigenvalue weighted by atomic mass is 10.1. The van der Waals surface area contributed by atoms with Gasteiger partial charge < -0.3 is 5.32 Å². The molecule has 0 radical (unpaired) electrons. The van der Waals surface area contributed by atoms with E-state index < -0.39 is 23.1 Å². The summed E-state index contributed by atoms with van der Waals surface area (Å²) in [5, 5.41) is 3.72. The number of hydrogen-bond acceptors (Lipinski definition) is 4. The molecule has 1 N–H and O–H groups in total. The van der Waals surface area contributed by atoms with Crippen molar-refractivity contribution in [3.8, 4) is 0 Å². The first kappa shape index (κ1) is 20.3. The molecule has 0 fully saturated rings. The molecule has 0 aliphatic carbocycles. The Morgan fingerprint density at radius 1 is 1.06 bits per heavy atom. The SMILES string of the molecule is Cc1ccnc2ccc(CNC(=O)c3cncn(Cc4ccc(F)c(F)c4)c3=O)cc12. The number of carbonyl (C=O) groups is 1. The summed E-state index contributed by atoms with van der Waals surface area (Å²) >= 11 is 0. The maximum atomic E-state index is 13.4. The molecule has 2 heterocycles. The second-order valence-electron chi connectivity index (χ2n) is 7.15. The number of halogens is 2. The van der Waals surface area contributed by atoms with Crippen LogP contribution >= 0.6 is 0 Å². The first-order valence-electron chi connectivity index (χ1n) is 9.53. The van der Waals surface area contributed by atoms with E-state index in [-0.39, 0.29) is 18.7 Å². The van der Waals surface area contributed by atoms with E-state index >= 15 is 0 Å². The molecule has 0 unspecified atom stereocenters. The van der Waals surface area contributed by atoms with E-state index in [0.29, 0.717) is 5.56 Å². The van der Waals surface area contributed by atoms with Gasteiger partial charge in [-0.05, 0) is 53.9 Å². The maximum absolute atomic E-state index is 13.4. The summed E-state index contributed by atoms with van der Waals surface area (Å²) in [6.07, 6.45) is 4.18. The summed E-state index contributed by atoms with van der Waals surface area (Å²) in [5.74, 6) is -2.55. The highest BCUT2D eigenvalue weighted by atomic mass is 19.2. The van der Waals surface area contributed by atoms with Crippen molar-refractivity contribution in [3.63, 3.8) is 0 Å². The van der Waals surface area contributed by atoms with E-state index in [2.05, 4.69) is 15.3 Å². The smallest absolute Gasteiger partial charge is 0.266 e. The molecule has 8 heteroatoms. The average molecular weight is 420 g/mol. The third-order valence-corrected chi connectivity index (χ3v) is 4.96. The Morgan fingerprint density at radius 3 is 2.68 bits per heavy atom. The quantitative estimate of drug-likeness (QED) is 0.537. The lowest BCUT2D eigenvalue weighted by molar-refractivity contribution is 0.0948. The molecule has 4 aromatic rings. The van der Waals surface area contributed by atoms with Crippen molar-refractivity contribution in [1.82, 2.24) is 19.9 Å². The third kappa shape index (κ3) is 4.32. The maximum Gasteiger partial charge on any atom is 0.266 e. The standard InChI is InChI=1S/C23H18F2N4O2/c1-14-6-7-27-21-5-3-15(8-17(14)21)10-28-22(30)18-11-26-13-29(23(18)31)12-16-2-4-19(24)20(25)9-16/h2-9,11,13H,10,12H2,1H3,(H,28,30). The first-order valence-corrected chi connectivity index (χ1v) is 9.53. The zero-order valence-corrected chi connectivity index (χ0v) is 16.6. The molecule has 0 saturated heterocycles. The van der Waals surface area contributed by atoms with Crippen LogP contribution in [0, 0.1) is 18.6 Å². The van der Waals surface area contributed by atoms with Gasteiger partial charge in [-0.2, -0.15) is 0 Å². The number of aryl methyl sites for hydroxylation is 1. The van der Waals surface area contributed by atoms with Crippen LogP contribution in [0.5, 0.6) is 0 Å². The monoisotopic (exact) mass is 420 g/mol. The van der Waals surface area contributed by atoms with Crippen LogP contribution in [0.4, 0.5) is 8.78 Å². The van der Waals surface area contributed by atoms with Gasteiger partial charge >= 0.3 is 0 Å². The Kier molecular flexibility index (Phi) is 5.53. The molecule has 31 heavy (non-hydrogen) atoms. The number of pyridine rings is 1. The van der Waals surface area contributed by atoms with Crippen LogP contribution in [0.2, 0.25) is 0 Å². The number of aromatic nitrogens is 3. The summed E-state index contributed by atoms with van der Waals surface area (Å²) in [6, 6.07) is 11.0. The number of amides is 1. The minimum atomic E-state index is -1.01. The van der Waals surface area contributed by atoms with Gasteiger partial charge in [0, 0.05) is 24.3 Å². The zero-order chi connectivity index (χ0) is 22.0. The number of benzene rings is 2. The molecule has 1 amide bonds. The van der Waals surface area contributed by atoms with E-state index in [9.17, 15) is 18.4 Å². The van der Waals surface area contributed by atoms with Crippen LogP contribution in [0.15, 0.2) is 66.0 Å². The van der Waals surface area contributed by atoms with Crippen LogP contribution in [0.3, 0.4) is 0 Å². The lowest BCUT2D eigenvalue weighted by Gasteiger charge is -2.09. The van der Waals surface area contributed by atoms with E-state index in [4.69, 9.17) is 0 Å². The van der Waals surface area contributed by atoms with E-state index in [0.717, 1.165) is 34.2 Å². The van der Waals surface area contributed by atoms with Gasteiger partial charge in [-0.1, -0.05) is 12.1 Å². The minimum absolute atomic E-state index is 0.0406. The fourth-order valence-electron chi connectivity index (χ4n) is 3.27. The topological polar surface area (TPSA) is 76.9 Å². The fourth-order valence-corrected chi connectivity index (χ4v) is 3.27. The van der Waals surface area contributed by atoms with Crippen molar-refractivity contribution in [2.45, 2.75) is 20.0 Å². The van der Waals surface area contributed by atoms with Crippen LogP contribution in [-0.2, 0) is 13.1 Å². The molecular formula is C23H18F2N4O2. The second-order valence-corrected chi connectivity index (χ2v) is 7.15. The number of rotatable bonds is 5. The number of hydrogen-bond donors (Lipinski definition) is 1. The highest BCUT2D eigenvalue weighted by Gasteiger charge is 2.14. The van der Waals surface area contributed by atoms with Gasteiger partial charge in [-0.15, -0.1) is 0 Å².